The van der Waals surface area contributed by atoms with Crippen LogP contribution >= 0.6 is 0 Å². The Kier molecular flexibility index (Phi) is 7.26. The molecule has 10 nitrogen and oxygen atoms in total. The van der Waals surface area contributed by atoms with Crippen LogP contribution in [0.5, 0.6) is 17.2 Å². The molecule has 1 N–H and O–H groups in total. The number of fused-ring (bicyclic) bond motifs is 1. The van der Waals surface area contributed by atoms with E-state index in [0.29, 0.717) is 35.0 Å². The van der Waals surface area contributed by atoms with Crippen LogP contribution in [0.3, 0.4) is 0 Å². The Balaban J connectivity index is 1.36. The smallest absolute Gasteiger partial charge is 0.203 e. The molecule has 1 aromatic carbocycles. The average Bonchev–Trinajstić information content (AvgIpc) is 3.65. The summed E-state index contributed by atoms with van der Waals surface area (Å²) in [5.41, 5.74) is 1.77. The van der Waals surface area contributed by atoms with Crippen molar-refractivity contribution in [2.45, 2.75) is 76.2 Å². The zero-order valence-corrected chi connectivity index (χ0v) is 23.0. The van der Waals surface area contributed by atoms with Gasteiger partial charge in [-0.25, -0.2) is 19.6 Å². The highest BCUT2D eigenvalue weighted by Crippen LogP contribution is 2.40. The molecule has 206 valence electrons. The van der Waals surface area contributed by atoms with Gasteiger partial charge in [-0.15, -0.1) is 0 Å². The highest BCUT2D eigenvalue weighted by molar-refractivity contribution is 5.88. The van der Waals surface area contributed by atoms with Crippen molar-refractivity contribution in [1.29, 1.82) is 0 Å². The highest BCUT2D eigenvalue weighted by Gasteiger charge is 2.25. The maximum absolute atomic E-state index is 5.53. The van der Waals surface area contributed by atoms with Crippen LogP contribution in [0.15, 0.2) is 30.9 Å². The highest BCUT2D eigenvalue weighted by atomic mass is 16.5. The normalized spacial score (nSPS) is 16.9. The van der Waals surface area contributed by atoms with Gasteiger partial charge in [-0.05, 0) is 25.7 Å². The number of methoxy groups -OCH3 is 3. The Labute approximate surface area is 228 Å². The van der Waals surface area contributed by atoms with Crippen LogP contribution in [0.25, 0.3) is 16.7 Å². The molecule has 4 aromatic rings. The molecular formula is C29H37N7O3. The third kappa shape index (κ3) is 4.99. The standard InChI is InChI=1S/C29H37N7O3/c1-37-23-14-21(15-24(38-2)26(23)39-3)35-17-25(30-18-35)32-28-22-16-31-36(20-12-8-5-9-13-20)29(22)34-27(33-28)19-10-6-4-7-11-19/h14-20H,4-13H2,1-3H3,(H,32,33,34). The second-order valence-electron chi connectivity index (χ2n) is 10.6. The number of hydrogen-bond donors (Lipinski definition) is 1. The van der Waals surface area contributed by atoms with Crippen LogP contribution in [0.2, 0.25) is 0 Å². The van der Waals surface area contributed by atoms with E-state index in [2.05, 4.69) is 15.0 Å². The molecule has 0 saturated heterocycles. The Bertz CT molecular complexity index is 1410. The third-order valence-corrected chi connectivity index (χ3v) is 8.14. The maximum Gasteiger partial charge on any atom is 0.203 e. The van der Waals surface area contributed by atoms with Crippen LogP contribution in [-0.4, -0.2) is 50.6 Å². The van der Waals surface area contributed by atoms with Crippen molar-refractivity contribution < 1.29 is 14.2 Å². The molecule has 3 heterocycles. The molecule has 0 bridgehead atoms. The molecule has 3 aromatic heterocycles. The summed E-state index contributed by atoms with van der Waals surface area (Å²) in [6.45, 7) is 0. The topological polar surface area (TPSA) is 101 Å². The summed E-state index contributed by atoms with van der Waals surface area (Å²) < 4.78 is 20.6. The fraction of sp³-hybridized carbons (Fsp3) is 0.517. The summed E-state index contributed by atoms with van der Waals surface area (Å²) in [4.78, 5) is 14.8. The predicted octanol–water partition coefficient (Wildman–Crippen LogP) is 6.33. The zero-order chi connectivity index (χ0) is 26.8. The number of rotatable bonds is 8. The Morgan fingerprint density at radius 1 is 0.846 bits per heavy atom. The molecule has 0 atom stereocenters. The van der Waals surface area contributed by atoms with Crippen molar-refractivity contribution in [1.82, 2.24) is 29.3 Å². The summed E-state index contributed by atoms with van der Waals surface area (Å²) in [5.74, 6) is 4.47. The van der Waals surface area contributed by atoms with Gasteiger partial charge in [0.25, 0.3) is 0 Å². The minimum absolute atomic E-state index is 0.384. The molecule has 39 heavy (non-hydrogen) atoms. The Morgan fingerprint density at radius 2 is 1.54 bits per heavy atom. The third-order valence-electron chi connectivity index (χ3n) is 8.14. The van der Waals surface area contributed by atoms with E-state index in [0.717, 1.165) is 54.0 Å². The van der Waals surface area contributed by atoms with Gasteiger partial charge in [-0.1, -0.05) is 38.5 Å². The lowest BCUT2D eigenvalue weighted by Gasteiger charge is -2.24. The van der Waals surface area contributed by atoms with Gasteiger partial charge < -0.3 is 24.1 Å². The van der Waals surface area contributed by atoms with Gasteiger partial charge in [0.2, 0.25) is 5.75 Å². The minimum atomic E-state index is 0.384. The van der Waals surface area contributed by atoms with Crippen molar-refractivity contribution in [3.63, 3.8) is 0 Å². The predicted molar refractivity (Wildman–Crippen MR) is 150 cm³/mol. The van der Waals surface area contributed by atoms with E-state index in [1.165, 1.54) is 38.5 Å². The van der Waals surface area contributed by atoms with Crippen molar-refractivity contribution >= 4 is 22.7 Å². The molecule has 2 aliphatic rings. The van der Waals surface area contributed by atoms with Gasteiger partial charge in [0.1, 0.15) is 23.8 Å². The van der Waals surface area contributed by atoms with E-state index in [9.17, 15) is 0 Å². The minimum Gasteiger partial charge on any atom is -0.493 e. The number of ether oxygens (including phenoxy) is 3. The molecule has 2 fully saturated rings. The van der Waals surface area contributed by atoms with E-state index in [1.54, 1.807) is 27.7 Å². The first-order chi connectivity index (χ1) is 19.2. The first-order valence-electron chi connectivity index (χ1n) is 14.0. The van der Waals surface area contributed by atoms with Gasteiger partial charge >= 0.3 is 0 Å². The number of nitrogens with one attached hydrogen (secondary N) is 1. The quantitative estimate of drug-likeness (QED) is 0.281. The molecule has 0 amide bonds. The SMILES string of the molecule is COc1cc(-n2cnc(Nc3nc(C4CCCCC4)nc4c3cnn4C3CCCCC3)c2)cc(OC)c1OC. The lowest BCUT2D eigenvalue weighted by atomic mass is 9.88. The van der Waals surface area contributed by atoms with Crippen LogP contribution in [0, 0.1) is 0 Å². The summed E-state index contributed by atoms with van der Waals surface area (Å²) in [6, 6.07) is 4.19. The summed E-state index contributed by atoms with van der Waals surface area (Å²) in [7, 11) is 4.82. The molecule has 2 saturated carbocycles. The van der Waals surface area contributed by atoms with E-state index in [4.69, 9.17) is 29.3 Å². The van der Waals surface area contributed by atoms with Crippen molar-refractivity contribution in [3.8, 4) is 22.9 Å². The fourth-order valence-electron chi connectivity index (χ4n) is 6.04. The maximum atomic E-state index is 5.53. The monoisotopic (exact) mass is 531 g/mol. The molecule has 0 spiro atoms. The Morgan fingerprint density at radius 3 is 2.21 bits per heavy atom. The van der Waals surface area contributed by atoms with E-state index < -0.39 is 0 Å². The van der Waals surface area contributed by atoms with Crippen LogP contribution in [0.4, 0.5) is 11.6 Å². The average molecular weight is 532 g/mol. The van der Waals surface area contributed by atoms with E-state index in [-0.39, 0.29) is 0 Å². The van der Waals surface area contributed by atoms with Crippen molar-refractivity contribution in [2.24, 2.45) is 0 Å². The fourth-order valence-corrected chi connectivity index (χ4v) is 6.04. The van der Waals surface area contributed by atoms with Crippen LogP contribution < -0.4 is 19.5 Å². The van der Waals surface area contributed by atoms with Gasteiger partial charge in [-0.3, -0.25) is 0 Å². The van der Waals surface area contributed by atoms with E-state index in [1.807, 2.05) is 29.1 Å². The molecular weight excluding hydrogens is 494 g/mol. The lowest BCUT2D eigenvalue weighted by molar-refractivity contribution is 0.324. The van der Waals surface area contributed by atoms with Crippen molar-refractivity contribution in [2.75, 3.05) is 26.6 Å². The number of anilines is 2. The second-order valence-corrected chi connectivity index (χ2v) is 10.6. The molecule has 2 aliphatic carbocycles. The van der Waals surface area contributed by atoms with Gasteiger partial charge in [-0.2, -0.15) is 5.10 Å². The van der Waals surface area contributed by atoms with Crippen molar-refractivity contribution in [3.05, 3.63) is 36.7 Å². The van der Waals surface area contributed by atoms with Crippen LogP contribution in [-0.2, 0) is 0 Å². The number of aromatic nitrogens is 6. The second kappa shape index (κ2) is 11.1. The molecule has 10 heteroatoms. The molecule has 6 rings (SSSR count). The summed E-state index contributed by atoms with van der Waals surface area (Å²) >= 11 is 0. The summed E-state index contributed by atoms with van der Waals surface area (Å²) in [6.07, 6.45) is 17.7. The number of imidazole rings is 1. The zero-order valence-electron chi connectivity index (χ0n) is 23.0. The van der Waals surface area contributed by atoms with Crippen LogP contribution in [0.1, 0.15) is 82.0 Å². The lowest BCUT2D eigenvalue weighted by Crippen LogP contribution is -2.16. The van der Waals surface area contributed by atoms with Gasteiger partial charge in [0.15, 0.2) is 17.1 Å². The molecule has 0 radical (unpaired) electrons. The Hall–Kier alpha value is -3.82. The summed E-state index contributed by atoms with van der Waals surface area (Å²) in [5, 5.41) is 9.25. The first kappa shape index (κ1) is 25.5. The van der Waals surface area contributed by atoms with E-state index >= 15 is 0 Å². The number of benzene rings is 1. The number of hydrogen-bond acceptors (Lipinski definition) is 8. The molecule has 0 unspecified atom stereocenters. The molecule has 0 aliphatic heterocycles. The van der Waals surface area contributed by atoms with Gasteiger partial charge in [0, 0.05) is 18.1 Å². The van der Waals surface area contributed by atoms with Gasteiger partial charge in [0.05, 0.1) is 50.8 Å². The largest absolute Gasteiger partial charge is 0.493 e. The first-order valence-corrected chi connectivity index (χ1v) is 14.0. The number of nitrogens with zero attached hydrogens (tertiary/aromatic N) is 6.